The molecule has 0 amide bonds. The molecule has 0 heterocycles. The largest absolute Gasteiger partial charge is 0.381 e. The van der Waals surface area contributed by atoms with E-state index < -0.39 is 0 Å². The van der Waals surface area contributed by atoms with Crippen molar-refractivity contribution in [2.24, 2.45) is 0 Å². The molecule has 0 saturated heterocycles. The molecule has 5 heteroatoms. The van der Waals surface area contributed by atoms with Crippen LogP contribution >= 0.6 is 0 Å². The number of aldehydes is 2. The van der Waals surface area contributed by atoms with Crippen LogP contribution in [0.4, 0.5) is 10.1 Å². The smallest absolute Gasteiger partial charge is 0.150 e. The lowest BCUT2D eigenvalue weighted by atomic mass is 10.0. The van der Waals surface area contributed by atoms with Gasteiger partial charge in [-0.15, -0.1) is 6.58 Å². The summed E-state index contributed by atoms with van der Waals surface area (Å²) in [7, 11) is 1.93. The molecule has 2 aromatic rings. The quantitative estimate of drug-likeness (QED) is 0.477. The summed E-state index contributed by atoms with van der Waals surface area (Å²) in [5, 5.41) is 3.24. The fourth-order valence-corrected chi connectivity index (χ4v) is 3.01. The lowest BCUT2D eigenvalue weighted by Gasteiger charge is -2.27. The van der Waals surface area contributed by atoms with Gasteiger partial charge in [0.15, 0.2) is 0 Å². The molecule has 27 heavy (non-hydrogen) atoms. The summed E-state index contributed by atoms with van der Waals surface area (Å²) in [5.41, 5.74) is 2.76. The first kappa shape index (κ1) is 20.5. The summed E-state index contributed by atoms with van der Waals surface area (Å²) in [5.74, 6) is -0.268. The molecule has 0 saturated carbocycles. The van der Waals surface area contributed by atoms with Crippen LogP contribution in [0.25, 0.3) is 0 Å². The topological polar surface area (TPSA) is 49.4 Å². The van der Waals surface area contributed by atoms with Crippen molar-refractivity contribution in [1.29, 1.82) is 0 Å². The maximum atomic E-state index is 13.9. The molecular formula is C22H25FN2O2. The standard InChI is InChI=1S/C22H25FN2O2/c1-3-19(10-7-13-26)25(2)15-20-18(16-27)9-6-12-22(20)24-14-17-8-4-5-11-21(17)23/h3-6,8-9,11-13,16,19,24H,1,7,10,14-15H2,2H3. The summed E-state index contributed by atoms with van der Waals surface area (Å²) in [4.78, 5) is 24.2. The minimum atomic E-state index is -0.268. The number of nitrogens with zero attached hydrogens (tertiary/aromatic N) is 1. The molecule has 4 nitrogen and oxygen atoms in total. The fourth-order valence-electron chi connectivity index (χ4n) is 3.01. The SMILES string of the molecule is C=CC(CCC=O)N(C)Cc1c(C=O)cccc1NCc1ccccc1F. The van der Waals surface area contributed by atoms with Gasteiger partial charge in [-0.1, -0.05) is 36.4 Å². The Morgan fingerprint density at radius 3 is 2.63 bits per heavy atom. The Hall–Kier alpha value is -2.79. The third-order valence-electron chi connectivity index (χ3n) is 4.59. The maximum Gasteiger partial charge on any atom is 0.150 e. The molecule has 0 spiro atoms. The number of anilines is 1. The highest BCUT2D eigenvalue weighted by Gasteiger charge is 2.16. The van der Waals surface area contributed by atoms with E-state index in [4.69, 9.17) is 0 Å². The average Bonchev–Trinajstić information content (AvgIpc) is 2.68. The Morgan fingerprint density at radius 2 is 1.96 bits per heavy atom. The first-order valence-corrected chi connectivity index (χ1v) is 8.91. The molecule has 2 aromatic carbocycles. The number of carbonyl (C=O) groups excluding carboxylic acids is 2. The number of rotatable bonds is 11. The molecule has 1 N–H and O–H groups in total. The Balaban J connectivity index is 2.21. The Labute approximate surface area is 159 Å². The predicted octanol–water partition coefficient (Wildman–Crippen LogP) is 4.22. The van der Waals surface area contributed by atoms with Crippen LogP contribution in [0.1, 0.15) is 34.3 Å². The van der Waals surface area contributed by atoms with Crippen molar-refractivity contribution >= 4 is 18.3 Å². The van der Waals surface area contributed by atoms with Gasteiger partial charge in [-0.25, -0.2) is 4.39 Å². The highest BCUT2D eigenvalue weighted by atomic mass is 19.1. The van der Waals surface area contributed by atoms with Gasteiger partial charge in [-0.3, -0.25) is 9.69 Å². The second-order valence-corrected chi connectivity index (χ2v) is 6.40. The maximum absolute atomic E-state index is 13.9. The van der Waals surface area contributed by atoms with Gasteiger partial charge in [0.25, 0.3) is 0 Å². The van der Waals surface area contributed by atoms with Gasteiger partial charge in [0.1, 0.15) is 18.4 Å². The molecule has 2 rings (SSSR count). The summed E-state index contributed by atoms with van der Waals surface area (Å²) < 4.78 is 13.9. The molecule has 0 aromatic heterocycles. The Morgan fingerprint density at radius 1 is 1.19 bits per heavy atom. The molecule has 0 aliphatic rings. The third kappa shape index (κ3) is 5.59. The zero-order valence-electron chi connectivity index (χ0n) is 15.5. The minimum Gasteiger partial charge on any atom is -0.381 e. The van der Waals surface area contributed by atoms with Crippen molar-refractivity contribution in [2.45, 2.75) is 32.0 Å². The first-order chi connectivity index (χ1) is 13.1. The number of halogens is 1. The van der Waals surface area contributed by atoms with E-state index in [2.05, 4.69) is 11.9 Å². The van der Waals surface area contributed by atoms with Crippen LogP contribution in [0.15, 0.2) is 55.1 Å². The molecule has 0 fully saturated rings. The molecular weight excluding hydrogens is 343 g/mol. The minimum absolute atomic E-state index is 0.0225. The summed E-state index contributed by atoms with van der Waals surface area (Å²) in [6, 6.07) is 12.1. The number of benzene rings is 2. The number of hydrogen-bond acceptors (Lipinski definition) is 4. The highest BCUT2D eigenvalue weighted by Crippen LogP contribution is 2.23. The third-order valence-corrected chi connectivity index (χ3v) is 4.59. The van der Waals surface area contributed by atoms with Gasteiger partial charge in [0.2, 0.25) is 0 Å². The second-order valence-electron chi connectivity index (χ2n) is 6.40. The van der Waals surface area contributed by atoms with Crippen LogP contribution in [0.3, 0.4) is 0 Å². The van der Waals surface area contributed by atoms with E-state index in [0.29, 0.717) is 37.1 Å². The van der Waals surface area contributed by atoms with E-state index in [1.165, 1.54) is 6.07 Å². The number of carbonyl (C=O) groups is 2. The van der Waals surface area contributed by atoms with Gasteiger partial charge in [-0.2, -0.15) is 0 Å². The molecule has 1 unspecified atom stereocenters. The molecule has 0 bridgehead atoms. The van der Waals surface area contributed by atoms with Crippen LogP contribution in [-0.2, 0) is 17.9 Å². The first-order valence-electron chi connectivity index (χ1n) is 8.91. The summed E-state index contributed by atoms with van der Waals surface area (Å²) in [6.07, 6.45) is 4.65. The Bertz CT molecular complexity index is 792. The Kier molecular flexibility index (Phi) is 7.89. The van der Waals surface area contributed by atoms with E-state index in [-0.39, 0.29) is 11.9 Å². The predicted molar refractivity (Wildman–Crippen MR) is 106 cm³/mol. The summed E-state index contributed by atoms with van der Waals surface area (Å²) in [6.45, 7) is 4.67. The van der Waals surface area contributed by atoms with Crippen molar-refractivity contribution in [3.8, 4) is 0 Å². The van der Waals surface area contributed by atoms with Gasteiger partial charge >= 0.3 is 0 Å². The number of likely N-dealkylation sites (N-methyl/N-ethyl adjacent to an activating group) is 1. The van der Waals surface area contributed by atoms with E-state index in [1.807, 2.05) is 18.0 Å². The molecule has 1 atom stereocenters. The fraction of sp³-hybridized carbons (Fsp3) is 0.273. The van der Waals surface area contributed by atoms with Crippen LogP contribution in [0.2, 0.25) is 0 Å². The molecule has 0 aliphatic heterocycles. The van der Waals surface area contributed by atoms with Gasteiger partial charge in [0.05, 0.1) is 0 Å². The second kappa shape index (κ2) is 10.4. The van der Waals surface area contributed by atoms with Crippen LogP contribution < -0.4 is 5.32 Å². The molecule has 142 valence electrons. The molecule has 0 aliphatic carbocycles. The highest BCUT2D eigenvalue weighted by molar-refractivity contribution is 5.80. The van der Waals surface area contributed by atoms with Crippen molar-refractivity contribution in [3.05, 3.63) is 77.6 Å². The van der Waals surface area contributed by atoms with Crippen LogP contribution in [0, 0.1) is 5.82 Å². The van der Waals surface area contributed by atoms with Crippen molar-refractivity contribution in [3.63, 3.8) is 0 Å². The van der Waals surface area contributed by atoms with E-state index in [0.717, 1.165) is 23.8 Å². The van der Waals surface area contributed by atoms with Crippen LogP contribution in [0.5, 0.6) is 0 Å². The lowest BCUT2D eigenvalue weighted by molar-refractivity contribution is -0.108. The van der Waals surface area contributed by atoms with Crippen molar-refractivity contribution < 1.29 is 14.0 Å². The number of hydrogen-bond donors (Lipinski definition) is 1. The zero-order valence-corrected chi connectivity index (χ0v) is 15.5. The lowest BCUT2D eigenvalue weighted by Crippen LogP contribution is -2.30. The van der Waals surface area contributed by atoms with Crippen molar-refractivity contribution in [1.82, 2.24) is 4.90 Å². The van der Waals surface area contributed by atoms with E-state index >= 15 is 0 Å². The zero-order chi connectivity index (χ0) is 19.6. The monoisotopic (exact) mass is 368 g/mol. The number of nitrogens with one attached hydrogen (secondary N) is 1. The van der Waals surface area contributed by atoms with E-state index in [1.54, 1.807) is 36.4 Å². The van der Waals surface area contributed by atoms with E-state index in [9.17, 15) is 14.0 Å². The van der Waals surface area contributed by atoms with Gasteiger partial charge in [0, 0.05) is 42.4 Å². The average molecular weight is 368 g/mol. The van der Waals surface area contributed by atoms with Gasteiger partial charge < -0.3 is 10.1 Å². The van der Waals surface area contributed by atoms with Crippen molar-refractivity contribution in [2.75, 3.05) is 12.4 Å². The normalized spacial score (nSPS) is 11.8. The summed E-state index contributed by atoms with van der Waals surface area (Å²) >= 11 is 0. The van der Waals surface area contributed by atoms with Crippen LogP contribution in [-0.4, -0.2) is 30.6 Å². The van der Waals surface area contributed by atoms with Gasteiger partial charge in [-0.05, 0) is 31.2 Å². The molecule has 0 radical (unpaired) electrons.